The van der Waals surface area contributed by atoms with Crippen molar-refractivity contribution in [2.75, 3.05) is 6.54 Å². The third-order valence-corrected chi connectivity index (χ3v) is 2.27. The van der Waals surface area contributed by atoms with E-state index in [2.05, 4.69) is 26.1 Å². The van der Waals surface area contributed by atoms with E-state index < -0.39 is 23.9 Å². The average Bonchev–Trinajstić information content (AvgIpc) is 2.74. The summed E-state index contributed by atoms with van der Waals surface area (Å²) in [5, 5.41) is 2.38. The Morgan fingerprint density at radius 1 is 1.30 bits per heavy atom. The maximum absolute atomic E-state index is 12.4. The van der Waals surface area contributed by atoms with Gasteiger partial charge in [-0.05, 0) is 23.6 Å². The second kappa shape index (κ2) is 6.63. The van der Waals surface area contributed by atoms with Gasteiger partial charge >= 0.3 is 12.3 Å². The predicted octanol–water partition coefficient (Wildman–Crippen LogP) is 4.15. The quantitative estimate of drug-likeness (QED) is 0.843. The maximum Gasteiger partial charge on any atom is 0.416 e. The number of amides is 1. The predicted molar refractivity (Wildman–Crippen MR) is 69.2 cm³/mol. The molecule has 1 fully saturated rings. The van der Waals surface area contributed by atoms with Crippen molar-refractivity contribution in [1.29, 1.82) is 0 Å². The molecule has 0 spiro atoms. The van der Waals surface area contributed by atoms with Crippen molar-refractivity contribution in [3.8, 4) is 0 Å². The van der Waals surface area contributed by atoms with Gasteiger partial charge in [-0.1, -0.05) is 32.9 Å². The van der Waals surface area contributed by atoms with Crippen LogP contribution in [0.15, 0.2) is 24.3 Å². The highest BCUT2D eigenvalue weighted by Crippen LogP contribution is 2.31. The number of carbonyl (C=O) groups excluding carboxylic acids is 1. The van der Waals surface area contributed by atoms with Gasteiger partial charge in [0.05, 0.1) is 12.1 Å². The number of hydrogen-bond donors (Lipinski definition) is 1. The summed E-state index contributed by atoms with van der Waals surface area (Å²) in [5.41, 5.74) is -0.402. The number of hydrogen-bond acceptors (Lipinski definition) is 2. The maximum atomic E-state index is 12.4. The van der Waals surface area contributed by atoms with E-state index in [0.717, 1.165) is 18.1 Å². The van der Waals surface area contributed by atoms with Gasteiger partial charge in [-0.2, -0.15) is 13.2 Å². The Hall–Kier alpha value is -1.72. The molecule has 0 aromatic heterocycles. The summed E-state index contributed by atoms with van der Waals surface area (Å²) < 4.78 is 42.0. The van der Waals surface area contributed by atoms with Crippen molar-refractivity contribution in [3.63, 3.8) is 0 Å². The Labute approximate surface area is 116 Å². The number of benzene rings is 1. The van der Waals surface area contributed by atoms with Gasteiger partial charge in [-0.25, -0.2) is 4.79 Å². The second-order valence-electron chi connectivity index (χ2n) is 5.13. The van der Waals surface area contributed by atoms with Crippen LogP contribution in [0.25, 0.3) is 0 Å². The molecule has 0 radical (unpaired) electrons. The van der Waals surface area contributed by atoms with Gasteiger partial charge in [0.15, 0.2) is 0 Å². The first kappa shape index (κ1) is 16.3. The molecule has 1 saturated heterocycles. The summed E-state index contributed by atoms with van der Waals surface area (Å²) in [5.74, 6) is 0.833. The Bertz CT molecular complexity index is 455. The van der Waals surface area contributed by atoms with Crippen molar-refractivity contribution in [1.82, 2.24) is 5.32 Å². The van der Waals surface area contributed by atoms with Crippen molar-refractivity contribution in [2.24, 2.45) is 5.92 Å². The minimum atomic E-state index is -4.38. The zero-order valence-electron chi connectivity index (χ0n) is 11.6. The van der Waals surface area contributed by atoms with Crippen LogP contribution in [0.1, 0.15) is 38.0 Å². The Morgan fingerprint density at radius 2 is 1.90 bits per heavy atom. The minimum absolute atomic E-state index is 0.195. The first-order valence-corrected chi connectivity index (χ1v) is 6.31. The molecule has 6 heteroatoms. The van der Waals surface area contributed by atoms with Crippen molar-refractivity contribution >= 4 is 6.09 Å². The van der Waals surface area contributed by atoms with E-state index in [0.29, 0.717) is 5.56 Å². The number of halogens is 3. The lowest BCUT2D eigenvalue weighted by atomic mass is 10.1. The molecule has 0 saturated carbocycles. The Kier molecular flexibility index (Phi) is 5.42. The van der Waals surface area contributed by atoms with Crippen LogP contribution in [-0.4, -0.2) is 12.6 Å². The highest BCUT2D eigenvalue weighted by atomic mass is 19.4. The van der Waals surface area contributed by atoms with Crippen molar-refractivity contribution < 1.29 is 22.7 Å². The van der Waals surface area contributed by atoms with Crippen LogP contribution in [0.3, 0.4) is 0 Å². The lowest BCUT2D eigenvalue weighted by molar-refractivity contribution is -0.137. The summed E-state index contributed by atoms with van der Waals surface area (Å²) in [7, 11) is 0. The van der Waals surface area contributed by atoms with Gasteiger partial charge < -0.3 is 10.1 Å². The summed E-state index contributed by atoms with van der Waals surface area (Å²) in [4.78, 5) is 10.8. The average molecular weight is 289 g/mol. The molecular formula is C14H18F3NO2. The van der Waals surface area contributed by atoms with Crippen LogP contribution in [0, 0.1) is 5.92 Å². The van der Waals surface area contributed by atoms with Gasteiger partial charge in [-0.15, -0.1) is 0 Å². The molecule has 1 aliphatic heterocycles. The molecule has 1 unspecified atom stereocenters. The van der Waals surface area contributed by atoms with Crippen LogP contribution >= 0.6 is 0 Å². The molecule has 1 aromatic rings. The lowest BCUT2D eigenvalue weighted by Gasteiger charge is -2.11. The fourth-order valence-electron chi connectivity index (χ4n) is 1.49. The first-order chi connectivity index (χ1) is 9.20. The number of rotatable bonds is 1. The van der Waals surface area contributed by atoms with E-state index in [1.54, 1.807) is 0 Å². The zero-order valence-corrected chi connectivity index (χ0v) is 11.6. The van der Waals surface area contributed by atoms with Crippen molar-refractivity contribution in [3.05, 3.63) is 35.4 Å². The summed E-state index contributed by atoms with van der Waals surface area (Å²) in [6, 6.07) is 4.77. The highest BCUT2D eigenvalue weighted by Gasteiger charge is 2.32. The number of alkyl halides is 3. The Morgan fingerprint density at radius 3 is 2.35 bits per heavy atom. The number of ether oxygens (including phenoxy) is 1. The van der Waals surface area contributed by atoms with Crippen LogP contribution in [0.5, 0.6) is 0 Å². The molecule has 1 aliphatic rings. The van der Waals surface area contributed by atoms with E-state index in [1.807, 2.05) is 0 Å². The standard InChI is InChI=1S/C10H8F3NO2.C4H10/c11-10(12,13)7-3-1-2-6(4-7)8-5-14-9(15)16-8;1-4(2)3/h1-4,8H,5H2,(H,14,15);4H,1-3H3. The number of cyclic esters (lactones) is 1. The third kappa shape index (κ3) is 5.11. The molecule has 1 aromatic carbocycles. The van der Waals surface area contributed by atoms with Crippen LogP contribution in [-0.2, 0) is 10.9 Å². The molecule has 3 nitrogen and oxygen atoms in total. The largest absolute Gasteiger partial charge is 0.439 e. The van der Waals surface area contributed by atoms with Gasteiger partial charge in [0.1, 0.15) is 6.10 Å². The third-order valence-electron chi connectivity index (χ3n) is 2.27. The number of carbonyl (C=O) groups is 1. The van der Waals surface area contributed by atoms with E-state index >= 15 is 0 Å². The Balaban J connectivity index is 0.000000444. The summed E-state index contributed by atoms with van der Waals surface area (Å²) in [6.45, 7) is 6.69. The van der Waals surface area contributed by atoms with Gasteiger partial charge in [0.2, 0.25) is 0 Å². The summed E-state index contributed by atoms with van der Waals surface area (Å²) in [6.07, 6.45) is -5.64. The molecular weight excluding hydrogens is 271 g/mol. The minimum Gasteiger partial charge on any atom is -0.439 e. The van der Waals surface area contributed by atoms with Crippen LogP contribution < -0.4 is 5.32 Å². The molecule has 0 bridgehead atoms. The molecule has 1 amide bonds. The molecule has 112 valence electrons. The molecule has 1 atom stereocenters. The molecule has 20 heavy (non-hydrogen) atoms. The van der Waals surface area contributed by atoms with Gasteiger partial charge in [-0.3, -0.25) is 0 Å². The van der Waals surface area contributed by atoms with E-state index in [4.69, 9.17) is 4.74 Å². The second-order valence-corrected chi connectivity index (χ2v) is 5.13. The number of nitrogens with one attached hydrogen (secondary N) is 1. The van der Waals surface area contributed by atoms with Gasteiger partial charge in [0.25, 0.3) is 0 Å². The topological polar surface area (TPSA) is 38.3 Å². The fourth-order valence-corrected chi connectivity index (χ4v) is 1.49. The van der Waals surface area contributed by atoms with Gasteiger partial charge in [0, 0.05) is 0 Å². The molecule has 0 aliphatic carbocycles. The van der Waals surface area contributed by atoms with Crippen molar-refractivity contribution in [2.45, 2.75) is 33.1 Å². The fraction of sp³-hybridized carbons (Fsp3) is 0.500. The van der Waals surface area contributed by atoms with E-state index in [1.165, 1.54) is 12.1 Å². The SMILES string of the molecule is CC(C)C.O=C1NCC(c2cccc(C(F)(F)F)c2)O1. The molecule has 1 N–H and O–H groups in total. The summed E-state index contributed by atoms with van der Waals surface area (Å²) >= 11 is 0. The smallest absolute Gasteiger partial charge is 0.416 e. The normalized spacial score (nSPS) is 18.1. The van der Waals surface area contributed by atoms with E-state index in [9.17, 15) is 18.0 Å². The highest BCUT2D eigenvalue weighted by molar-refractivity contribution is 5.69. The zero-order chi connectivity index (χ0) is 15.3. The van der Waals surface area contributed by atoms with Crippen LogP contribution in [0.4, 0.5) is 18.0 Å². The molecule has 2 rings (SSSR count). The number of alkyl carbamates (subject to hydrolysis) is 1. The van der Waals surface area contributed by atoms with Crippen LogP contribution in [0.2, 0.25) is 0 Å². The molecule has 1 heterocycles. The van der Waals surface area contributed by atoms with E-state index in [-0.39, 0.29) is 6.54 Å². The lowest BCUT2D eigenvalue weighted by Crippen LogP contribution is -2.12. The monoisotopic (exact) mass is 289 g/mol. The first-order valence-electron chi connectivity index (χ1n) is 6.31.